The van der Waals surface area contributed by atoms with Crippen molar-refractivity contribution in [2.45, 2.75) is 6.42 Å². The Balaban J connectivity index is 2.81. The topological polar surface area (TPSA) is 29.5 Å². The van der Waals surface area contributed by atoms with Crippen molar-refractivity contribution in [3.63, 3.8) is 0 Å². The monoisotopic (exact) mass is 138 g/mol. The van der Waals surface area contributed by atoms with Gasteiger partial charge in [-0.25, -0.2) is 0 Å². The molecule has 0 bridgehead atoms. The molecule has 0 aromatic carbocycles. The number of hydrogen-bond acceptors (Lipinski definition) is 2. The van der Waals surface area contributed by atoms with Gasteiger partial charge in [0.25, 0.3) is 0 Å². The normalized spacial score (nSPS) is 20.9. The smallest absolute Gasteiger partial charge is 0.125 e. The van der Waals surface area contributed by atoms with Gasteiger partial charge in [-0.15, -0.1) is 0 Å². The van der Waals surface area contributed by atoms with Crippen molar-refractivity contribution in [3.8, 4) is 0 Å². The summed E-state index contributed by atoms with van der Waals surface area (Å²) in [5, 5.41) is 8.68. The van der Waals surface area contributed by atoms with E-state index in [9.17, 15) is 0 Å². The first-order chi connectivity index (χ1) is 4.88. The molecule has 0 amide bonds. The van der Waals surface area contributed by atoms with Gasteiger partial charge in [0.2, 0.25) is 0 Å². The van der Waals surface area contributed by atoms with E-state index in [2.05, 4.69) is 0 Å². The van der Waals surface area contributed by atoms with Gasteiger partial charge in [0.05, 0.1) is 13.4 Å². The second-order valence-corrected chi connectivity index (χ2v) is 2.02. The quantitative estimate of drug-likeness (QED) is 0.561. The molecule has 1 rings (SSSR count). The van der Waals surface area contributed by atoms with E-state index < -0.39 is 0 Å². The minimum Gasteiger partial charge on any atom is -0.515 e. The molecule has 0 aromatic rings. The lowest BCUT2D eigenvalue weighted by Crippen LogP contribution is -1.94. The van der Waals surface area contributed by atoms with E-state index in [1.165, 1.54) is 0 Å². The van der Waals surface area contributed by atoms with Crippen LogP contribution in [0.1, 0.15) is 6.42 Å². The number of aliphatic hydroxyl groups is 1. The molecular formula is C8H10O2. The second kappa shape index (κ2) is 3.11. The molecule has 2 nitrogen and oxygen atoms in total. The molecule has 0 unspecified atom stereocenters. The van der Waals surface area contributed by atoms with Gasteiger partial charge in [-0.3, -0.25) is 0 Å². The Hall–Kier alpha value is -1.18. The zero-order chi connectivity index (χ0) is 7.40. The summed E-state index contributed by atoms with van der Waals surface area (Å²) in [7, 11) is 1.59. The van der Waals surface area contributed by atoms with Crippen LogP contribution in [-0.4, -0.2) is 12.2 Å². The van der Waals surface area contributed by atoms with Gasteiger partial charge in [0, 0.05) is 5.57 Å². The van der Waals surface area contributed by atoms with Crippen molar-refractivity contribution < 1.29 is 9.84 Å². The average molecular weight is 138 g/mol. The number of hydrogen-bond donors (Lipinski definition) is 1. The van der Waals surface area contributed by atoms with Crippen LogP contribution in [0.3, 0.4) is 0 Å². The first-order valence-corrected chi connectivity index (χ1v) is 3.13. The van der Waals surface area contributed by atoms with Crippen molar-refractivity contribution >= 4 is 0 Å². The molecule has 1 aliphatic carbocycles. The molecule has 0 radical (unpaired) electrons. The minimum atomic E-state index is 0.741. The third kappa shape index (κ3) is 1.21. The Kier molecular flexibility index (Phi) is 2.15. The lowest BCUT2D eigenvalue weighted by molar-refractivity contribution is 0.295. The predicted molar refractivity (Wildman–Crippen MR) is 39.6 cm³/mol. The SMILES string of the molecule is COC1=CC=CCC1=CO. The van der Waals surface area contributed by atoms with Crippen molar-refractivity contribution in [2.75, 3.05) is 7.11 Å². The minimum absolute atomic E-state index is 0.741. The van der Waals surface area contributed by atoms with E-state index in [1.807, 2.05) is 18.2 Å². The summed E-state index contributed by atoms with van der Waals surface area (Å²) < 4.78 is 4.98. The number of ether oxygens (including phenoxy) is 1. The van der Waals surface area contributed by atoms with Crippen LogP contribution >= 0.6 is 0 Å². The van der Waals surface area contributed by atoms with Crippen molar-refractivity contribution in [3.05, 3.63) is 35.8 Å². The lowest BCUT2D eigenvalue weighted by atomic mass is 10.1. The van der Waals surface area contributed by atoms with Gasteiger partial charge in [0.15, 0.2) is 0 Å². The number of allylic oxidation sites excluding steroid dienone is 4. The number of rotatable bonds is 1. The molecule has 1 aliphatic rings. The van der Waals surface area contributed by atoms with Crippen LogP contribution in [0, 0.1) is 0 Å². The van der Waals surface area contributed by atoms with Gasteiger partial charge in [-0.2, -0.15) is 0 Å². The largest absolute Gasteiger partial charge is 0.515 e. The average Bonchev–Trinajstić information content (AvgIpc) is 2.04. The molecule has 1 N–H and O–H groups in total. The fourth-order valence-corrected chi connectivity index (χ4v) is 0.874. The Morgan fingerprint density at radius 1 is 1.70 bits per heavy atom. The van der Waals surface area contributed by atoms with E-state index >= 15 is 0 Å². The summed E-state index contributed by atoms with van der Waals surface area (Å²) in [5.74, 6) is 0.741. The standard InChI is InChI=1S/C8H10O2/c1-10-8-5-3-2-4-7(8)6-9/h2-3,5-6,9H,4H2,1H3. The maximum absolute atomic E-state index is 8.68. The summed E-state index contributed by atoms with van der Waals surface area (Å²) in [6.45, 7) is 0. The van der Waals surface area contributed by atoms with Crippen molar-refractivity contribution in [1.82, 2.24) is 0 Å². The molecule has 0 spiro atoms. The molecule has 2 heteroatoms. The maximum Gasteiger partial charge on any atom is 0.125 e. The Morgan fingerprint density at radius 2 is 2.50 bits per heavy atom. The van der Waals surface area contributed by atoms with E-state index in [0.29, 0.717) is 0 Å². The Bertz CT molecular complexity index is 199. The molecule has 10 heavy (non-hydrogen) atoms. The van der Waals surface area contributed by atoms with E-state index in [1.54, 1.807) is 7.11 Å². The summed E-state index contributed by atoms with van der Waals surface area (Å²) in [6, 6.07) is 0. The highest BCUT2D eigenvalue weighted by Gasteiger charge is 2.05. The maximum atomic E-state index is 8.68. The Labute approximate surface area is 60.1 Å². The highest BCUT2D eigenvalue weighted by molar-refractivity contribution is 5.33. The molecule has 0 aliphatic heterocycles. The molecule has 0 fully saturated rings. The van der Waals surface area contributed by atoms with Crippen molar-refractivity contribution in [2.24, 2.45) is 0 Å². The van der Waals surface area contributed by atoms with E-state index in [4.69, 9.17) is 9.84 Å². The van der Waals surface area contributed by atoms with Crippen LogP contribution < -0.4 is 0 Å². The first kappa shape index (κ1) is 6.93. The molecule has 54 valence electrons. The van der Waals surface area contributed by atoms with E-state index in [0.717, 1.165) is 24.0 Å². The number of methoxy groups -OCH3 is 1. The van der Waals surface area contributed by atoms with Crippen LogP contribution in [0.2, 0.25) is 0 Å². The molecular weight excluding hydrogens is 128 g/mol. The first-order valence-electron chi connectivity index (χ1n) is 3.13. The van der Waals surface area contributed by atoms with Gasteiger partial charge < -0.3 is 9.84 Å². The number of aliphatic hydroxyl groups excluding tert-OH is 1. The molecule has 0 heterocycles. The zero-order valence-corrected chi connectivity index (χ0v) is 5.87. The van der Waals surface area contributed by atoms with Crippen LogP contribution in [0.15, 0.2) is 35.8 Å². The zero-order valence-electron chi connectivity index (χ0n) is 5.87. The predicted octanol–water partition coefficient (Wildman–Crippen LogP) is 1.92. The third-order valence-corrected chi connectivity index (χ3v) is 1.41. The van der Waals surface area contributed by atoms with Crippen LogP contribution in [0.25, 0.3) is 0 Å². The highest BCUT2D eigenvalue weighted by Crippen LogP contribution is 2.18. The highest BCUT2D eigenvalue weighted by atomic mass is 16.5. The van der Waals surface area contributed by atoms with Gasteiger partial charge in [0.1, 0.15) is 5.76 Å². The third-order valence-electron chi connectivity index (χ3n) is 1.41. The van der Waals surface area contributed by atoms with Crippen LogP contribution in [0.4, 0.5) is 0 Å². The van der Waals surface area contributed by atoms with Crippen LogP contribution in [0.5, 0.6) is 0 Å². The van der Waals surface area contributed by atoms with Gasteiger partial charge >= 0.3 is 0 Å². The van der Waals surface area contributed by atoms with Gasteiger partial charge in [-0.05, 0) is 12.5 Å². The Morgan fingerprint density at radius 3 is 3.00 bits per heavy atom. The molecule has 0 saturated heterocycles. The summed E-state index contributed by atoms with van der Waals surface area (Å²) in [5.41, 5.74) is 0.824. The molecule has 0 saturated carbocycles. The fraction of sp³-hybridized carbons (Fsp3) is 0.250. The summed E-state index contributed by atoms with van der Waals surface area (Å²) in [4.78, 5) is 0. The van der Waals surface area contributed by atoms with Crippen molar-refractivity contribution in [1.29, 1.82) is 0 Å². The summed E-state index contributed by atoms with van der Waals surface area (Å²) in [6.07, 6.45) is 7.52. The summed E-state index contributed by atoms with van der Waals surface area (Å²) >= 11 is 0. The van der Waals surface area contributed by atoms with Gasteiger partial charge in [-0.1, -0.05) is 12.2 Å². The van der Waals surface area contributed by atoms with E-state index in [-0.39, 0.29) is 0 Å². The van der Waals surface area contributed by atoms with Crippen LogP contribution in [-0.2, 0) is 4.74 Å². The molecule has 0 atom stereocenters. The molecule has 0 aromatic heterocycles. The second-order valence-electron chi connectivity index (χ2n) is 2.02. The fourth-order valence-electron chi connectivity index (χ4n) is 0.874. The lowest BCUT2D eigenvalue weighted by Gasteiger charge is -2.09.